The predicted octanol–water partition coefficient (Wildman–Crippen LogP) is 3.91. The number of rotatable bonds is 6. The van der Waals surface area contributed by atoms with E-state index >= 15 is 0 Å². The molecule has 2 aromatic carbocycles. The van der Waals surface area contributed by atoms with Gasteiger partial charge in [0.15, 0.2) is 0 Å². The van der Waals surface area contributed by atoms with Crippen LogP contribution in [-0.2, 0) is 11.2 Å². The van der Waals surface area contributed by atoms with Crippen LogP contribution in [0.1, 0.15) is 17.5 Å². The third-order valence-electron chi connectivity index (χ3n) is 4.69. The first-order valence-corrected chi connectivity index (χ1v) is 8.89. The number of amides is 1. The summed E-state index contributed by atoms with van der Waals surface area (Å²) >= 11 is 0. The highest BCUT2D eigenvalue weighted by molar-refractivity contribution is 5.86. The number of aromatic nitrogens is 1. The smallest absolute Gasteiger partial charge is 0.220 e. The van der Waals surface area contributed by atoms with E-state index in [1.807, 2.05) is 18.2 Å². The van der Waals surface area contributed by atoms with E-state index in [0.717, 1.165) is 44.8 Å². The van der Waals surface area contributed by atoms with Gasteiger partial charge in [0, 0.05) is 30.5 Å². The number of nitrogens with one attached hydrogen (secondary N) is 1. The van der Waals surface area contributed by atoms with Crippen molar-refractivity contribution >= 4 is 16.8 Å². The van der Waals surface area contributed by atoms with E-state index in [1.54, 1.807) is 21.3 Å². The molecule has 0 radical (unpaired) electrons. The number of benzene rings is 2. The topological polar surface area (TPSA) is 60.5 Å². The SMILES string of the molecule is CNC(=O)CCc1ccc2c(C)cc(-c3ccc(OC)cc3OC)nc2c1. The van der Waals surface area contributed by atoms with Crippen molar-refractivity contribution in [1.82, 2.24) is 10.3 Å². The lowest BCUT2D eigenvalue weighted by Crippen LogP contribution is -2.17. The van der Waals surface area contributed by atoms with Crippen LogP contribution >= 0.6 is 0 Å². The number of carbonyl (C=O) groups excluding carboxylic acids is 1. The van der Waals surface area contributed by atoms with Crippen molar-refractivity contribution in [2.24, 2.45) is 0 Å². The molecule has 1 heterocycles. The van der Waals surface area contributed by atoms with Gasteiger partial charge in [-0.2, -0.15) is 0 Å². The summed E-state index contributed by atoms with van der Waals surface area (Å²) in [7, 11) is 4.93. The Labute approximate surface area is 159 Å². The van der Waals surface area contributed by atoms with Crippen LogP contribution in [0, 0.1) is 6.92 Å². The molecule has 0 fully saturated rings. The molecule has 0 aliphatic heterocycles. The Hall–Kier alpha value is -3.08. The van der Waals surface area contributed by atoms with Gasteiger partial charge in [0.25, 0.3) is 0 Å². The molecule has 0 atom stereocenters. The molecule has 1 aromatic heterocycles. The molecule has 5 heteroatoms. The van der Waals surface area contributed by atoms with Gasteiger partial charge in [0.2, 0.25) is 5.91 Å². The molecule has 0 spiro atoms. The molecule has 0 saturated carbocycles. The summed E-state index contributed by atoms with van der Waals surface area (Å²) in [6.07, 6.45) is 1.15. The Morgan fingerprint density at radius 3 is 2.59 bits per heavy atom. The fourth-order valence-electron chi connectivity index (χ4n) is 3.13. The number of nitrogens with zero attached hydrogens (tertiary/aromatic N) is 1. The van der Waals surface area contributed by atoms with Gasteiger partial charge in [0.1, 0.15) is 11.5 Å². The first kappa shape index (κ1) is 18.7. The number of hydrogen-bond donors (Lipinski definition) is 1. The van der Waals surface area contributed by atoms with Gasteiger partial charge in [-0.05, 0) is 48.7 Å². The third kappa shape index (κ3) is 4.03. The lowest BCUT2D eigenvalue weighted by molar-refractivity contribution is -0.120. The average molecular weight is 364 g/mol. The summed E-state index contributed by atoms with van der Waals surface area (Å²) in [4.78, 5) is 16.4. The van der Waals surface area contributed by atoms with Gasteiger partial charge in [-0.3, -0.25) is 4.79 Å². The number of aryl methyl sites for hydroxylation is 2. The maximum Gasteiger partial charge on any atom is 0.220 e. The van der Waals surface area contributed by atoms with Gasteiger partial charge in [-0.15, -0.1) is 0 Å². The molecule has 140 valence electrons. The molecule has 1 N–H and O–H groups in total. The lowest BCUT2D eigenvalue weighted by atomic mass is 10.0. The Morgan fingerprint density at radius 1 is 1.07 bits per heavy atom. The molecule has 0 bridgehead atoms. The van der Waals surface area contributed by atoms with Gasteiger partial charge < -0.3 is 14.8 Å². The van der Waals surface area contributed by atoms with Crippen LogP contribution < -0.4 is 14.8 Å². The molecule has 27 heavy (non-hydrogen) atoms. The largest absolute Gasteiger partial charge is 0.497 e. The zero-order valence-corrected chi connectivity index (χ0v) is 16.1. The molecule has 0 aliphatic carbocycles. The van der Waals surface area contributed by atoms with E-state index in [0.29, 0.717) is 12.8 Å². The minimum absolute atomic E-state index is 0.0379. The summed E-state index contributed by atoms with van der Waals surface area (Å²) in [6.45, 7) is 2.08. The number of pyridine rings is 1. The lowest BCUT2D eigenvalue weighted by Gasteiger charge is -2.12. The first-order chi connectivity index (χ1) is 13.0. The van der Waals surface area contributed by atoms with Crippen LogP contribution in [0.2, 0.25) is 0 Å². The first-order valence-electron chi connectivity index (χ1n) is 8.89. The van der Waals surface area contributed by atoms with E-state index in [1.165, 1.54) is 0 Å². The highest BCUT2D eigenvalue weighted by Gasteiger charge is 2.12. The van der Waals surface area contributed by atoms with Crippen LogP contribution in [0.3, 0.4) is 0 Å². The van der Waals surface area contributed by atoms with Crippen molar-refractivity contribution in [3.8, 4) is 22.8 Å². The van der Waals surface area contributed by atoms with Gasteiger partial charge in [-0.25, -0.2) is 4.98 Å². The number of ether oxygens (including phenoxy) is 2. The molecule has 0 saturated heterocycles. The number of carbonyl (C=O) groups is 1. The fourth-order valence-corrected chi connectivity index (χ4v) is 3.13. The average Bonchev–Trinajstić information content (AvgIpc) is 2.70. The van der Waals surface area contributed by atoms with Crippen LogP contribution in [0.4, 0.5) is 0 Å². The third-order valence-corrected chi connectivity index (χ3v) is 4.69. The molecule has 0 aliphatic rings. The number of methoxy groups -OCH3 is 2. The molecule has 3 aromatic rings. The summed E-state index contributed by atoms with van der Waals surface area (Å²) in [5.74, 6) is 1.50. The second-order valence-corrected chi connectivity index (χ2v) is 6.42. The minimum atomic E-state index is 0.0379. The second kappa shape index (κ2) is 8.08. The molecule has 3 rings (SSSR count). The van der Waals surface area contributed by atoms with Crippen molar-refractivity contribution < 1.29 is 14.3 Å². The monoisotopic (exact) mass is 364 g/mol. The van der Waals surface area contributed by atoms with Crippen molar-refractivity contribution in [1.29, 1.82) is 0 Å². The Balaban J connectivity index is 2.03. The molecular formula is C22H24N2O3. The summed E-state index contributed by atoms with van der Waals surface area (Å²) in [5.41, 5.74) is 4.92. The zero-order chi connectivity index (χ0) is 19.4. The summed E-state index contributed by atoms with van der Waals surface area (Å²) in [6, 6.07) is 14.0. The predicted molar refractivity (Wildman–Crippen MR) is 107 cm³/mol. The van der Waals surface area contributed by atoms with Crippen molar-refractivity contribution in [2.45, 2.75) is 19.8 Å². The van der Waals surface area contributed by atoms with E-state index in [-0.39, 0.29) is 5.91 Å². The van der Waals surface area contributed by atoms with Gasteiger partial charge in [-0.1, -0.05) is 12.1 Å². The van der Waals surface area contributed by atoms with E-state index in [9.17, 15) is 4.79 Å². The second-order valence-electron chi connectivity index (χ2n) is 6.42. The molecule has 5 nitrogen and oxygen atoms in total. The molecule has 1 amide bonds. The van der Waals surface area contributed by atoms with Crippen LogP contribution in [0.25, 0.3) is 22.2 Å². The number of fused-ring (bicyclic) bond motifs is 1. The van der Waals surface area contributed by atoms with Crippen molar-refractivity contribution in [2.75, 3.05) is 21.3 Å². The summed E-state index contributed by atoms with van der Waals surface area (Å²) in [5, 5.41) is 3.76. The van der Waals surface area contributed by atoms with E-state index in [2.05, 4.69) is 36.5 Å². The highest BCUT2D eigenvalue weighted by atomic mass is 16.5. The van der Waals surface area contributed by atoms with Gasteiger partial charge >= 0.3 is 0 Å². The quantitative estimate of drug-likeness (QED) is 0.720. The van der Waals surface area contributed by atoms with Crippen LogP contribution in [0.15, 0.2) is 42.5 Å². The zero-order valence-electron chi connectivity index (χ0n) is 16.1. The van der Waals surface area contributed by atoms with Crippen molar-refractivity contribution in [3.05, 3.63) is 53.6 Å². The van der Waals surface area contributed by atoms with E-state index < -0.39 is 0 Å². The van der Waals surface area contributed by atoms with Crippen molar-refractivity contribution in [3.63, 3.8) is 0 Å². The normalized spacial score (nSPS) is 10.7. The van der Waals surface area contributed by atoms with E-state index in [4.69, 9.17) is 14.5 Å². The Bertz CT molecular complexity index is 983. The Morgan fingerprint density at radius 2 is 1.89 bits per heavy atom. The maximum absolute atomic E-state index is 11.5. The molecule has 0 unspecified atom stereocenters. The van der Waals surface area contributed by atoms with Crippen LogP contribution in [0.5, 0.6) is 11.5 Å². The standard InChI is InChI=1S/C22H24N2O3/c1-14-11-19(18-9-7-16(26-3)13-21(18)27-4)24-20-12-15(5-8-17(14)20)6-10-22(25)23-2/h5,7-9,11-13H,6,10H2,1-4H3,(H,23,25). The molecular weight excluding hydrogens is 340 g/mol. The fraction of sp³-hybridized carbons (Fsp3) is 0.273. The number of hydrogen-bond acceptors (Lipinski definition) is 4. The Kier molecular flexibility index (Phi) is 5.60. The maximum atomic E-state index is 11.5. The minimum Gasteiger partial charge on any atom is -0.497 e. The van der Waals surface area contributed by atoms with Gasteiger partial charge in [0.05, 0.1) is 25.4 Å². The summed E-state index contributed by atoms with van der Waals surface area (Å²) < 4.78 is 10.8. The van der Waals surface area contributed by atoms with Crippen LogP contribution in [-0.4, -0.2) is 32.2 Å². The highest BCUT2D eigenvalue weighted by Crippen LogP contribution is 2.34.